The van der Waals surface area contributed by atoms with E-state index in [0.29, 0.717) is 0 Å². The highest BCUT2D eigenvalue weighted by molar-refractivity contribution is 5.61. The third kappa shape index (κ3) is 3.30. The van der Waals surface area contributed by atoms with E-state index in [2.05, 4.69) is 78.1 Å². The maximum atomic E-state index is 9.98. The molecule has 0 aliphatic rings. The minimum atomic E-state index is -0.586. The van der Waals surface area contributed by atoms with Gasteiger partial charge in [-0.15, -0.1) is 0 Å². The van der Waals surface area contributed by atoms with Crippen molar-refractivity contribution in [1.82, 2.24) is 0 Å². The predicted octanol–water partition coefficient (Wildman–Crippen LogP) is 5.80. The molecule has 0 atom stereocenters. The Labute approximate surface area is 159 Å². The lowest BCUT2D eigenvalue weighted by molar-refractivity contribution is 0.475. The van der Waals surface area contributed by atoms with Gasteiger partial charge in [0.2, 0.25) is 0 Å². The average Bonchev–Trinajstić information content (AvgIpc) is 2.74. The number of phenolic OH excluding ortho intramolecular Hbond substituents is 1. The molecule has 27 heavy (non-hydrogen) atoms. The fraction of sp³-hybridized carbons (Fsp3) is 0.0400. The SMILES string of the molecule is Oc1cccc(NC(c2ccccc2)(c2ccccc2)c2ccccc2)c1. The highest BCUT2D eigenvalue weighted by Gasteiger charge is 2.36. The lowest BCUT2D eigenvalue weighted by Gasteiger charge is -2.38. The minimum Gasteiger partial charge on any atom is -0.508 e. The number of hydrogen-bond donors (Lipinski definition) is 2. The van der Waals surface area contributed by atoms with Crippen molar-refractivity contribution in [1.29, 1.82) is 0 Å². The smallest absolute Gasteiger partial charge is 0.117 e. The summed E-state index contributed by atoms with van der Waals surface area (Å²) in [5.41, 5.74) is 3.66. The molecule has 0 bridgehead atoms. The molecule has 0 saturated carbocycles. The van der Waals surface area contributed by atoms with Gasteiger partial charge in [0, 0.05) is 11.8 Å². The Bertz CT molecular complexity index is 901. The minimum absolute atomic E-state index is 0.239. The second kappa shape index (κ2) is 7.38. The topological polar surface area (TPSA) is 32.3 Å². The molecule has 0 heterocycles. The number of aromatic hydroxyl groups is 1. The molecule has 0 aliphatic heterocycles. The van der Waals surface area contributed by atoms with Crippen molar-refractivity contribution in [3.05, 3.63) is 132 Å². The van der Waals surface area contributed by atoms with Gasteiger partial charge in [-0.25, -0.2) is 0 Å². The summed E-state index contributed by atoms with van der Waals surface area (Å²) in [6.07, 6.45) is 0. The lowest BCUT2D eigenvalue weighted by atomic mass is 9.77. The number of benzene rings is 4. The summed E-state index contributed by atoms with van der Waals surface area (Å²) in [5, 5.41) is 13.7. The summed E-state index contributed by atoms with van der Waals surface area (Å²) in [4.78, 5) is 0. The molecule has 0 unspecified atom stereocenters. The Morgan fingerprint density at radius 1 is 0.519 bits per heavy atom. The van der Waals surface area contributed by atoms with Gasteiger partial charge in [-0.1, -0.05) is 97.1 Å². The summed E-state index contributed by atoms with van der Waals surface area (Å²) in [6, 6.07) is 38.5. The molecule has 2 nitrogen and oxygen atoms in total. The molecule has 4 aromatic carbocycles. The van der Waals surface area contributed by atoms with E-state index in [1.807, 2.05) is 30.3 Å². The molecular formula is C25H21NO. The van der Waals surface area contributed by atoms with Gasteiger partial charge in [0.05, 0.1) is 0 Å². The summed E-state index contributed by atoms with van der Waals surface area (Å²) in [6.45, 7) is 0. The maximum Gasteiger partial charge on any atom is 0.117 e. The van der Waals surface area contributed by atoms with Crippen LogP contribution in [-0.4, -0.2) is 5.11 Å². The summed E-state index contributed by atoms with van der Waals surface area (Å²) in [7, 11) is 0. The Hall–Kier alpha value is -3.52. The molecule has 4 rings (SSSR count). The van der Waals surface area contributed by atoms with E-state index in [-0.39, 0.29) is 5.75 Å². The normalized spacial score (nSPS) is 11.1. The number of hydrogen-bond acceptors (Lipinski definition) is 2. The first kappa shape index (κ1) is 16.9. The first-order valence-electron chi connectivity index (χ1n) is 9.03. The Morgan fingerprint density at radius 3 is 1.37 bits per heavy atom. The van der Waals surface area contributed by atoms with Crippen molar-refractivity contribution < 1.29 is 5.11 Å². The molecule has 0 saturated heterocycles. The van der Waals surface area contributed by atoms with E-state index in [9.17, 15) is 5.11 Å². The van der Waals surface area contributed by atoms with E-state index < -0.39 is 5.54 Å². The molecule has 0 aliphatic carbocycles. The van der Waals surface area contributed by atoms with Gasteiger partial charge in [-0.2, -0.15) is 0 Å². The van der Waals surface area contributed by atoms with Crippen LogP contribution in [0.1, 0.15) is 16.7 Å². The molecule has 4 aromatic rings. The van der Waals surface area contributed by atoms with Crippen LogP contribution in [0.4, 0.5) is 5.69 Å². The van der Waals surface area contributed by atoms with E-state index in [0.717, 1.165) is 22.4 Å². The van der Waals surface area contributed by atoms with Crippen LogP contribution >= 0.6 is 0 Å². The standard InChI is InChI=1S/C25H21NO/c27-24-18-10-17-23(19-24)26-25(20-11-4-1-5-12-20,21-13-6-2-7-14-21)22-15-8-3-9-16-22/h1-19,26-27H. The van der Waals surface area contributed by atoms with Crippen LogP contribution in [-0.2, 0) is 5.54 Å². The third-order valence-electron chi connectivity index (χ3n) is 4.80. The van der Waals surface area contributed by atoms with Crippen LogP contribution in [0.5, 0.6) is 5.75 Å². The van der Waals surface area contributed by atoms with Gasteiger partial charge in [0.25, 0.3) is 0 Å². The molecule has 0 radical (unpaired) electrons. The second-order valence-corrected chi connectivity index (χ2v) is 6.52. The van der Waals surface area contributed by atoms with Crippen LogP contribution in [0.15, 0.2) is 115 Å². The zero-order valence-corrected chi connectivity index (χ0v) is 14.9. The van der Waals surface area contributed by atoms with Crippen LogP contribution < -0.4 is 5.32 Å². The fourth-order valence-corrected chi connectivity index (χ4v) is 3.58. The van der Waals surface area contributed by atoms with Crippen molar-refractivity contribution in [2.24, 2.45) is 0 Å². The molecular weight excluding hydrogens is 330 g/mol. The van der Waals surface area contributed by atoms with Gasteiger partial charge in [0.15, 0.2) is 0 Å². The van der Waals surface area contributed by atoms with Gasteiger partial charge in [-0.05, 0) is 28.8 Å². The number of phenols is 1. The van der Waals surface area contributed by atoms with E-state index in [4.69, 9.17) is 0 Å². The molecule has 2 heteroatoms. The number of rotatable bonds is 5. The molecule has 0 spiro atoms. The zero-order chi connectivity index (χ0) is 18.5. The monoisotopic (exact) mass is 351 g/mol. The molecule has 0 fully saturated rings. The molecule has 0 amide bonds. The quantitative estimate of drug-likeness (QED) is 0.446. The third-order valence-corrected chi connectivity index (χ3v) is 4.80. The Balaban J connectivity index is 2.00. The molecule has 132 valence electrons. The van der Waals surface area contributed by atoms with E-state index in [1.54, 1.807) is 12.1 Å². The van der Waals surface area contributed by atoms with Gasteiger partial charge >= 0.3 is 0 Å². The van der Waals surface area contributed by atoms with Crippen LogP contribution in [0.2, 0.25) is 0 Å². The summed E-state index contributed by atoms with van der Waals surface area (Å²) < 4.78 is 0. The number of anilines is 1. The summed E-state index contributed by atoms with van der Waals surface area (Å²) in [5.74, 6) is 0.239. The van der Waals surface area contributed by atoms with Crippen molar-refractivity contribution >= 4 is 5.69 Å². The first-order valence-corrected chi connectivity index (χ1v) is 9.03. The van der Waals surface area contributed by atoms with Crippen molar-refractivity contribution in [3.63, 3.8) is 0 Å². The van der Waals surface area contributed by atoms with Gasteiger partial charge in [-0.3, -0.25) is 0 Å². The van der Waals surface area contributed by atoms with Gasteiger partial charge in [0.1, 0.15) is 11.3 Å². The Morgan fingerprint density at radius 2 is 0.963 bits per heavy atom. The van der Waals surface area contributed by atoms with Crippen LogP contribution in [0.25, 0.3) is 0 Å². The molecule has 0 aromatic heterocycles. The van der Waals surface area contributed by atoms with Gasteiger partial charge < -0.3 is 10.4 Å². The molecule has 2 N–H and O–H groups in total. The van der Waals surface area contributed by atoms with Crippen molar-refractivity contribution in [2.75, 3.05) is 5.32 Å². The second-order valence-electron chi connectivity index (χ2n) is 6.52. The highest BCUT2D eigenvalue weighted by atomic mass is 16.3. The zero-order valence-electron chi connectivity index (χ0n) is 14.9. The predicted molar refractivity (Wildman–Crippen MR) is 111 cm³/mol. The fourth-order valence-electron chi connectivity index (χ4n) is 3.58. The van der Waals surface area contributed by atoms with Crippen LogP contribution in [0.3, 0.4) is 0 Å². The van der Waals surface area contributed by atoms with E-state index >= 15 is 0 Å². The lowest BCUT2D eigenvalue weighted by Crippen LogP contribution is -2.38. The maximum absolute atomic E-state index is 9.98. The van der Waals surface area contributed by atoms with E-state index in [1.165, 1.54) is 0 Å². The van der Waals surface area contributed by atoms with Crippen molar-refractivity contribution in [3.8, 4) is 5.75 Å². The summed E-state index contributed by atoms with van der Waals surface area (Å²) >= 11 is 0. The highest BCUT2D eigenvalue weighted by Crippen LogP contribution is 2.40. The van der Waals surface area contributed by atoms with Crippen molar-refractivity contribution in [2.45, 2.75) is 5.54 Å². The number of nitrogens with one attached hydrogen (secondary N) is 1. The average molecular weight is 351 g/mol. The first-order chi connectivity index (χ1) is 13.3. The van der Waals surface area contributed by atoms with Crippen LogP contribution in [0, 0.1) is 0 Å². The Kier molecular flexibility index (Phi) is 4.63. The largest absolute Gasteiger partial charge is 0.508 e.